The summed E-state index contributed by atoms with van der Waals surface area (Å²) in [6.45, 7) is 2.26. The molecule has 0 atom stereocenters. The van der Waals surface area contributed by atoms with Crippen LogP contribution in [0.5, 0.6) is 0 Å². The number of rotatable bonds is 9. The lowest BCUT2D eigenvalue weighted by atomic mass is 10.3. The molecule has 0 saturated carbocycles. The van der Waals surface area contributed by atoms with Gasteiger partial charge in [-0.15, -0.1) is 0 Å². The van der Waals surface area contributed by atoms with Gasteiger partial charge in [-0.05, 0) is 6.42 Å². The van der Waals surface area contributed by atoms with Crippen LogP contribution in [-0.4, -0.2) is 54.4 Å². The summed E-state index contributed by atoms with van der Waals surface area (Å²) in [6.07, 6.45) is 3.12. The predicted molar refractivity (Wildman–Crippen MR) is 62.5 cm³/mol. The summed E-state index contributed by atoms with van der Waals surface area (Å²) in [5.74, 6) is 0.844. The van der Waals surface area contributed by atoms with E-state index in [2.05, 4.69) is 25.8 Å². The van der Waals surface area contributed by atoms with Crippen LogP contribution in [0.25, 0.3) is 0 Å². The van der Waals surface area contributed by atoms with Crippen LogP contribution in [0.15, 0.2) is 6.33 Å². The fourth-order valence-electron chi connectivity index (χ4n) is 1.27. The van der Waals surface area contributed by atoms with Gasteiger partial charge < -0.3 is 15.4 Å². The van der Waals surface area contributed by atoms with Crippen molar-refractivity contribution < 1.29 is 9.53 Å². The van der Waals surface area contributed by atoms with Gasteiger partial charge in [-0.1, -0.05) is 0 Å². The molecular formula is C10H19N5O2. The largest absolute Gasteiger partial charge is 0.383 e. The molecule has 0 radical (unpaired) electrons. The summed E-state index contributed by atoms with van der Waals surface area (Å²) in [7, 11) is 1.63. The SMILES string of the molecule is COCCNCC(=O)NCCCc1ncn[nH]1. The van der Waals surface area contributed by atoms with Crippen LogP contribution >= 0.6 is 0 Å². The summed E-state index contributed by atoms with van der Waals surface area (Å²) in [4.78, 5) is 15.3. The Morgan fingerprint density at radius 1 is 1.53 bits per heavy atom. The predicted octanol–water partition coefficient (Wildman–Crippen LogP) is -0.910. The highest BCUT2D eigenvalue weighted by molar-refractivity contribution is 5.77. The standard InChI is InChI=1S/C10H19N5O2/c1-17-6-5-11-7-10(16)12-4-2-3-9-13-8-14-15-9/h8,11H,2-7H2,1H3,(H,12,16)(H,13,14,15). The lowest BCUT2D eigenvalue weighted by molar-refractivity contribution is -0.120. The van der Waals surface area contributed by atoms with Crippen molar-refractivity contribution in [3.8, 4) is 0 Å². The first-order chi connectivity index (χ1) is 8.33. The Balaban J connectivity index is 1.93. The van der Waals surface area contributed by atoms with E-state index in [1.165, 1.54) is 6.33 Å². The number of aryl methyl sites for hydroxylation is 1. The minimum absolute atomic E-state index is 0.00123. The van der Waals surface area contributed by atoms with E-state index in [4.69, 9.17) is 4.74 Å². The first kappa shape index (κ1) is 13.6. The Morgan fingerprint density at radius 2 is 2.41 bits per heavy atom. The van der Waals surface area contributed by atoms with Crippen molar-refractivity contribution >= 4 is 5.91 Å². The molecule has 3 N–H and O–H groups in total. The van der Waals surface area contributed by atoms with E-state index in [0.29, 0.717) is 26.2 Å². The van der Waals surface area contributed by atoms with Crippen molar-refractivity contribution in [2.24, 2.45) is 0 Å². The van der Waals surface area contributed by atoms with Gasteiger partial charge in [0.05, 0.1) is 13.2 Å². The smallest absolute Gasteiger partial charge is 0.233 e. The number of aromatic amines is 1. The molecule has 7 nitrogen and oxygen atoms in total. The van der Waals surface area contributed by atoms with Crippen LogP contribution in [0.4, 0.5) is 0 Å². The number of hydrogen-bond acceptors (Lipinski definition) is 5. The molecule has 96 valence electrons. The summed E-state index contributed by atoms with van der Waals surface area (Å²) < 4.78 is 4.85. The maximum absolute atomic E-state index is 11.3. The van der Waals surface area contributed by atoms with Gasteiger partial charge in [0.1, 0.15) is 12.2 Å². The number of nitrogens with one attached hydrogen (secondary N) is 3. The number of aromatic nitrogens is 3. The average molecular weight is 241 g/mol. The van der Waals surface area contributed by atoms with Crippen molar-refractivity contribution in [2.45, 2.75) is 12.8 Å². The number of methoxy groups -OCH3 is 1. The van der Waals surface area contributed by atoms with E-state index in [1.807, 2.05) is 0 Å². The zero-order chi connectivity index (χ0) is 12.3. The van der Waals surface area contributed by atoms with E-state index in [0.717, 1.165) is 18.7 Å². The monoisotopic (exact) mass is 241 g/mol. The molecule has 0 aliphatic rings. The number of hydrogen-bond donors (Lipinski definition) is 3. The van der Waals surface area contributed by atoms with Gasteiger partial charge in [-0.2, -0.15) is 5.10 Å². The van der Waals surface area contributed by atoms with E-state index in [-0.39, 0.29) is 5.91 Å². The summed E-state index contributed by atoms with van der Waals surface area (Å²) in [5, 5.41) is 12.3. The number of carbonyl (C=O) groups is 1. The van der Waals surface area contributed by atoms with Gasteiger partial charge in [-0.25, -0.2) is 4.98 Å². The topological polar surface area (TPSA) is 91.9 Å². The maximum atomic E-state index is 11.3. The molecule has 1 heterocycles. The van der Waals surface area contributed by atoms with Gasteiger partial charge >= 0.3 is 0 Å². The van der Waals surface area contributed by atoms with E-state index < -0.39 is 0 Å². The van der Waals surface area contributed by atoms with Crippen LogP contribution in [0.2, 0.25) is 0 Å². The molecule has 0 bridgehead atoms. The molecule has 0 aromatic carbocycles. The number of nitrogens with zero attached hydrogens (tertiary/aromatic N) is 2. The minimum atomic E-state index is -0.00123. The van der Waals surface area contributed by atoms with Gasteiger partial charge in [0.25, 0.3) is 0 Å². The molecule has 1 aromatic heterocycles. The molecule has 1 aromatic rings. The Hall–Kier alpha value is -1.47. The van der Waals surface area contributed by atoms with E-state index in [1.54, 1.807) is 7.11 Å². The second kappa shape index (κ2) is 8.66. The molecule has 0 aliphatic heterocycles. The van der Waals surface area contributed by atoms with Gasteiger partial charge in [0.2, 0.25) is 5.91 Å². The molecule has 17 heavy (non-hydrogen) atoms. The lowest BCUT2D eigenvalue weighted by Crippen LogP contribution is -2.35. The quantitative estimate of drug-likeness (QED) is 0.487. The van der Waals surface area contributed by atoms with Crippen LogP contribution in [0.1, 0.15) is 12.2 Å². The molecule has 1 rings (SSSR count). The van der Waals surface area contributed by atoms with Crippen LogP contribution in [0.3, 0.4) is 0 Å². The summed E-state index contributed by atoms with van der Waals surface area (Å²) in [6, 6.07) is 0. The molecule has 0 saturated heterocycles. The fourth-order valence-corrected chi connectivity index (χ4v) is 1.27. The normalized spacial score (nSPS) is 10.4. The Morgan fingerprint density at radius 3 is 3.12 bits per heavy atom. The van der Waals surface area contributed by atoms with Crippen molar-refractivity contribution in [3.63, 3.8) is 0 Å². The Bertz CT molecular complexity index is 302. The van der Waals surface area contributed by atoms with Crippen LogP contribution in [-0.2, 0) is 16.0 Å². The maximum Gasteiger partial charge on any atom is 0.233 e. The van der Waals surface area contributed by atoms with Crippen LogP contribution in [0, 0.1) is 0 Å². The third-order valence-electron chi connectivity index (χ3n) is 2.15. The number of carbonyl (C=O) groups excluding carboxylic acids is 1. The highest BCUT2D eigenvalue weighted by Gasteiger charge is 2.00. The second-order valence-corrected chi connectivity index (χ2v) is 3.56. The highest BCUT2D eigenvalue weighted by Crippen LogP contribution is 1.91. The third kappa shape index (κ3) is 6.64. The highest BCUT2D eigenvalue weighted by atomic mass is 16.5. The van der Waals surface area contributed by atoms with Gasteiger partial charge in [-0.3, -0.25) is 9.89 Å². The lowest BCUT2D eigenvalue weighted by Gasteiger charge is -2.05. The van der Waals surface area contributed by atoms with Gasteiger partial charge in [0, 0.05) is 26.6 Å². The van der Waals surface area contributed by atoms with E-state index in [9.17, 15) is 4.79 Å². The first-order valence-corrected chi connectivity index (χ1v) is 5.63. The average Bonchev–Trinajstić information content (AvgIpc) is 2.83. The van der Waals surface area contributed by atoms with Crippen molar-refractivity contribution in [2.75, 3.05) is 33.4 Å². The molecule has 0 aliphatic carbocycles. The number of ether oxygens (including phenoxy) is 1. The zero-order valence-electron chi connectivity index (χ0n) is 10.0. The van der Waals surface area contributed by atoms with Gasteiger partial charge in [0.15, 0.2) is 0 Å². The summed E-state index contributed by atoms with van der Waals surface area (Å²) >= 11 is 0. The first-order valence-electron chi connectivity index (χ1n) is 5.63. The van der Waals surface area contributed by atoms with Crippen molar-refractivity contribution in [1.82, 2.24) is 25.8 Å². The summed E-state index contributed by atoms with van der Waals surface area (Å²) in [5.41, 5.74) is 0. The zero-order valence-corrected chi connectivity index (χ0v) is 10.0. The van der Waals surface area contributed by atoms with Crippen LogP contribution < -0.4 is 10.6 Å². The third-order valence-corrected chi connectivity index (χ3v) is 2.15. The van der Waals surface area contributed by atoms with Crippen molar-refractivity contribution in [1.29, 1.82) is 0 Å². The van der Waals surface area contributed by atoms with E-state index >= 15 is 0 Å². The Kier molecular flexibility index (Phi) is 6.92. The molecule has 0 spiro atoms. The fraction of sp³-hybridized carbons (Fsp3) is 0.700. The number of amides is 1. The molecular weight excluding hydrogens is 222 g/mol. The minimum Gasteiger partial charge on any atom is -0.383 e. The molecule has 7 heteroatoms. The molecule has 0 unspecified atom stereocenters. The number of H-pyrrole nitrogens is 1. The van der Waals surface area contributed by atoms with Crippen molar-refractivity contribution in [3.05, 3.63) is 12.2 Å². The molecule has 0 fully saturated rings. The second-order valence-electron chi connectivity index (χ2n) is 3.56. The molecule has 1 amide bonds. The Labute approximate surface area is 100 Å².